The molecular weight excluding hydrogens is 168 g/mol. The Kier molecular flexibility index (Phi) is 6.74. The molecule has 0 spiro atoms. The summed E-state index contributed by atoms with van der Waals surface area (Å²) < 4.78 is 0. The first kappa shape index (κ1) is 11.0. The van der Waals surface area contributed by atoms with Crippen LogP contribution in [0, 0.1) is 0 Å². The van der Waals surface area contributed by atoms with Crippen LogP contribution in [0.1, 0.15) is 38.5 Å². The van der Waals surface area contributed by atoms with Gasteiger partial charge in [0, 0.05) is 0 Å². The van der Waals surface area contributed by atoms with Crippen molar-refractivity contribution < 1.29 is 0 Å². The second kappa shape index (κ2) is 8.55. The molecule has 1 aliphatic rings. The van der Waals surface area contributed by atoms with Crippen molar-refractivity contribution in [3.05, 3.63) is 48.6 Å². The Balaban J connectivity index is 2.33. The molecule has 0 aromatic carbocycles. The molecule has 1 rings (SSSR count). The van der Waals surface area contributed by atoms with E-state index in [4.69, 9.17) is 0 Å². The van der Waals surface area contributed by atoms with Gasteiger partial charge < -0.3 is 0 Å². The highest BCUT2D eigenvalue weighted by Gasteiger charge is 1.82. The molecule has 0 saturated carbocycles. The van der Waals surface area contributed by atoms with Crippen LogP contribution in [-0.4, -0.2) is 0 Å². The molecule has 0 bridgehead atoms. The maximum Gasteiger partial charge on any atom is -0.0345 e. The fraction of sp³-hybridized carbons (Fsp3) is 0.429. The van der Waals surface area contributed by atoms with Crippen molar-refractivity contribution in [2.45, 2.75) is 38.5 Å². The van der Waals surface area contributed by atoms with E-state index < -0.39 is 0 Å². The molecule has 0 nitrogen and oxygen atoms in total. The molecule has 0 unspecified atom stereocenters. The quantitative estimate of drug-likeness (QED) is 0.522. The Morgan fingerprint density at radius 2 is 0.714 bits per heavy atom. The molecule has 0 aromatic rings. The van der Waals surface area contributed by atoms with Crippen molar-refractivity contribution >= 4 is 0 Å². The predicted molar refractivity (Wildman–Crippen MR) is 64.3 cm³/mol. The van der Waals surface area contributed by atoms with Gasteiger partial charge in [-0.05, 0) is 38.5 Å². The topological polar surface area (TPSA) is 0 Å². The van der Waals surface area contributed by atoms with Crippen molar-refractivity contribution in [2.24, 2.45) is 0 Å². The number of hydrogen-bond donors (Lipinski definition) is 0. The Hall–Kier alpha value is -1.04. The molecule has 0 atom stereocenters. The van der Waals surface area contributed by atoms with Gasteiger partial charge in [0.15, 0.2) is 0 Å². The van der Waals surface area contributed by atoms with Crippen LogP contribution in [-0.2, 0) is 0 Å². The van der Waals surface area contributed by atoms with Gasteiger partial charge in [0.25, 0.3) is 0 Å². The minimum absolute atomic E-state index is 1.19. The number of hydrogen-bond acceptors (Lipinski definition) is 0. The second-order valence-electron chi connectivity index (χ2n) is 3.57. The Bertz CT molecular complexity index is 178. The maximum atomic E-state index is 2.26. The third-order valence-corrected chi connectivity index (χ3v) is 2.25. The fourth-order valence-electron chi connectivity index (χ4n) is 1.41. The highest BCUT2D eigenvalue weighted by Crippen LogP contribution is 2.02. The average Bonchev–Trinajstić information content (AvgIpc) is 2.22. The molecular formula is C14H20. The Morgan fingerprint density at radius 3 is 1.00 bits per heavy atom. The second-order valence-corrected chi connectivity index (χ2v) is 3.57. The van der Waals surface area contributed by atoms with Gasteiger partial charge in [-0.15, -0.1) is 0 Å². The van der Waals surface area contributed by atoms with Gasteiger partial charge in [0.05, 0.1) is 0 Å². The van der Waals surface area contributed by atoms with Gasteiger partial charge >= 0.3 is 0 Å². The molecule has 0 heteroatoms. The van der Waals surface area contributed by atoms with E-state index in [1.54, 1.807) is 0 Å². The van der Waals surface area contributed by atoms with Gasteiger partial charge in [-0.3, -0.25) is 0 Å². The van der Waals surface area contributed by atoms with Crippen LogP contribution in [0.5, 0.6) is 0 Å². The summed E-state index contributed by atoms with van der Waals surface area (Å²) in [7, 11) is 0. The summed E-state index contributed by atoms with van der Waals surface area (Å²) in [5.41, 5.74) is 0. The zero-order valence-corrected chi connectivity index (χ0v) is 8.86. The minimum atomic E-state index is 1.19. The lowest BCUT2D eigenvalue weighted by Crippen LogP contribution is -1.71. The molecule has 14 heavy (non-hydrogen) atoms. The molecule has 0 fully saturated rings. The van der Waals surface area contributed by atoms with Gasteiger partial charge in [-0.2, -0.15) is 0 Å². The monoisotopic (exact) mass is 188 g/mol. The Morgan fingerprint density at radius 1 is 0.429 bits per heavy atom. The average molecular weight is 188 g/mol. The predicted octanol–water partition coefficient (Wildman–Crippen LogP) is 4.57. The van der Waals surface area contributed by atoms with Gasteiger partial charge in [-0.1, -0.05) is 48.6 Å². The first-order valence-electron chi connectivity index (χ1n) is 5.63. The van der Waals surface area contributed by atoms with E-state index in [2.05, 4.69) is 48.6 Å². The summed E-state index contributed by atoms with van der Waals surface area (Å²) in [5.74, 6) is 0. The third-order valence-electron chi connectivity index (χ3n) is 2.25. The maximum absolute atomic E-state index is 2.26. The molecule has 0 heterocycles. The third kappa shape index (κ3) is 6.47. The number of allylic oxidation sites excluding steroid dienone is 8. The highest BCUT2D eigenvalue weighted by molar-refractivity contribution is 5.05. The molecule has 0 amide bonds. The lowest BCUT2D eigenvalue weighted by Gasteiger charge is -1.91. The summed E-state index contributed by atoms with van der Waals surface area (Å²) in [4.78, 5) is 0. The number of rotatable bonds is 0. The molecule has 1 aliphatic carbocycles. The zero-order valence-electron chi connectivity index (χ0n) is 8.86. The van der Waals surface area contributed by atoms with E-state index in [-0.39, 0.29) is 0 Å². The SMILES string of the molecule is C1=CCCC/C=C\C=C\CCCC=C1. The first-order valence-corrected chi connectivity index (χ1v) is 5.63. The van der Waals surface area contributed by atoms with Gasteiger partial charge in [-0.25, -0.2) is 0 Å². The smallest absolute Gasteiger partial charge is 0.0345 e. The van der Waals surface area contributed by atoms with Gasteiger partial charge in [0.1, 0.15) is 0 Å². The van der Waals surface area contributed by atoms with Crippen LogP contribution in [0.15, 0.2) is 48.6 Å². The van der Waals surface area contributed by atoms with E-state index in [9.17, 15) is 0 Å². The van der Waals surface area contributed by atoms with E-state index in [0.717, 1.165) is 0 Å². The van der Waals surface area contributed by atoms with E-state index >= 15 is 0 Å². The summed E-state index contributed by atoms with van der Waals surface area (Å²) in [6, 6.07) is 0. The van der Waals surface area contributed by atoms with Crippen molar-refractivity contribution in [1.82, 2.24) is 0 Å². The van der Waals surface area contributed by atoms with Crippen LogP contribution >= 0.6 is 0 Å². The molecule has 0 saturated heterocycles. The summed E-state index contributed by atoms with van der Waals surface area (Å²) in [6.45, 7) is 0. The molecule has 0 radical (unpaired) electrons. The molecule has 76 valence electrons. The first-order chi connectivity index (χ1) is 7.00. The van der Waals surface area contributed by atoms with E-state index in [1.807, 2.05) is 0 Å². The highest BCUT2D eigenvalue weighted by atomic mass is 13.9. The molecule has 0 aromatic heterocycles. The standard InChI is InChI=1S/C14H20/c1-2-4-6-8-10-12-14-13-11-9-7-5-3-1/h1-4,11-14H,5-10H2/b3-1-,4-2+,13-11?,14-12?. The van der Waals surface area contributed by atoms with Crippen LogP contribution in [0.2, 0.25) is 0 Å². The van der Waals surface area contributed by atoms with Crippen molar-refractivity contribution in [2.75, 3.05) is 0 Å². The normalized spacial score (nSPS) is 24.0. The molecule has 0 N–H and O–H groups in total. The lowest BCUT2D eigenvalue weighted by molar-refractivity contribution is 0.861. The van der Waals surface area contributed by atoms with Crippen LogP contribution in [0.25, 0.3) is 0 Å². The summed E-state index contributed by atoms with van der Waals surface area (Å²) in [6.07, 6.45) is 25.0. The Labute approximate surface area is 87.7 Å². The van der Waals surface area contributed by atoms with Crippen molar-refractivity contribution in [1.29, 1.82) is 0 Å². The van der Waals surface area contributed by atoms with Gasteiger partial charge in [0.2, 0.25) is 0 Å². The van der Waals surface area contributed by atoms with Crippen molar-refractivity contribution in [3.63, 3.8) is 0 Å². The largest absolute Gasteiger partial charge is 0.0845 e. The van der Waals surface area contributed by atoms with E-state index in [1.165, 1.54) is 38.5 Å². The van der Waals surface area contributed by atoms with E-state index in [0.29, 0.717) is 0 Å². The lowest BCUT2D eigenvalue weighted by atomic mass is 10.2. The summed E-state index contributed by atoms with van der Waals surface area (Å²) in [5, 5.41) is 0. The minimum Gasteiger partial charge on any atom is -0.0845 e. The summed E-state index contributed by atoms with van der Waals surface area (Å²) >= 11 is 0. The fourth-order valence-corrected chi connectivity index (χ4v) is 1.41. The van der Waals surface area contributed by atoms with Crippen LogP contribution < -0.4 is 0 Å². The molecule has 0 aliphatic heterocycles. The van der Waals surface area contributed by atoms with Crippen molar-refractivity contribution in [3.8, 4) is 0 Å². The zero-order chi connectivity index (χ0) is 9.90. The van der Waals surface area contributed by atoms with Crippen LogP contribution in [0.4, 0.5) is 0 Å². The van der Waals surface area contributed by atoms with Crippen LogP contribution in [0.3, 0.4) is 0 Å².